The third kappa shape index (κ3) is 3.36. The van der Waals surface area contributed by atoms with Crippen molar-refractivity contribution in [2.75, 3.05) is 0 Å². The molecule has 92 valence electrons. The van der Waals surface area contributed by atoms with Crippen LogP contribution < -0.4 is 0 Å². The molecule has 1 aliphatic rings. The summed E-state index contributed by atoms with van der Waals surface area (Å²) < 4.78 is 5.56. The first kappa shape index (κ1) is 13.3. The Hall–Kier alpha value is -0.790. The Morgan fingerprint density at radius 2 is 2.00 bits per heavy atom. The van der Waals surface area contributed by atoms with Crippen LogP contribution in [0.25, 0.3) is 0 Å². The minimum atomic E-state index is -0.232. The lowest BCUT2D eigenvalue weighted by Gasteiger charge is -2.36. The average Bonchev–Trinajstić information content (AvgIpc) is 2.16. The molecule has 0 aliphatic heterocycles. The first-order chi connectivity index (χ1) is 7.41. The van der Waals surface area contributed by atoms with E-state index in [4.69, 9.17) is 4.74 Å². The maximum absolute atomic E-state index is 11.6. The third-order valence-electron chi connectivity index (χ3n) is 3.57. The van der Waals surface area contributed by atoms with E-state index in [9.17, 15) is 4.79 Å². The lowest BCUT2D eigenvalue weighted by Crippen LogP contribution is -2.35. The minimum absolute atomic E-state index is 0.0907. The fourth-order valence-corrected chi connectivity index (χ4v) is 2.49. The van der Waals surface area contributed by atoms with E-state index in [0.29, 0.717) is 23.3 Å². The normalized spacial score (nSPS) is 30.2. The summed E-state index contributed by atoms with van der Waals surface area (Å²) in [6.07, 6.45) is 3.52. The van der Waals surface area contributed by atoms with Gasteiger partial charge in [0.25, 0.3) is 0 Å². The second kappa shape index (κ2) is 5.51. The van der Waals surface area contributed by atoms with Crippen LogP contribution in [0.5, 0.6) is 0 Å². The Balaban J connectivity index is 2.64. The monoisotopic (exact) mass is 224 g/mol. The van der Waals surface area contributed by atoms with E-state index in [1.54, 1.807) is 6.92 Å². The van der Waals surface area contributed by atoms with Crippen LogP contribution in [0.1, 0.15) is 47.0 Å². The molecule has 1 saturated carbocycles. The van der Waals surface area contributed by atoms with Crippen molar-refractivity contribution in [2.45, 2.75) is 53.1 Å². The highest BCUT2D eigenvalue weighted by molar-refractivity contribution is 5.87. The van der Waals surface area contributed by atoms with Crippen molar-refractivity contribution < 1.29 is 9.53 Å². The molecule has 1 fully saturated rings. The van der Waals surface area contributed by atoms with Crippen LogP contribution in [0.3, 0.4) is 0 Å². The Morgan fingerprint density at radius 1 is 1.38 bits per heavy atom. The molecule has 0 unspecified atom stereocenters. The van der Waals surface area contributed by atoms with Crippen molar-refractivity contribution in [3.8, 4) is 0 Å². The van der Waals surface area contributed by atoms with Gasteiger partial charge in [-0.25, -0.2) is 4.79 Å². The van der Waals surface area contributed by atoms with Crippen LogP contribution in [0, 0.1) is 17.8 Å². The van der Waals surface area contributed by atoms with Gasteiger partial charge in [0, 0.05) is 5.57 Å². The number of rotatable bonds is 3. The Bertz CT molecular complexity index is 268. The summed E-state index contributed by atoms with van der Waals surface area (Å²) in [6.45, 7) is 12.0. The highest BCUT2D eigenvalue weighted by Gasteiger charge is 2.33. The second-order valence-electron chi connectivity index (χ2n) is 5.55. The van der Waals surface area contributed by atoms with Gasteiger partial charge in [-0.1, -0.05) is 33.8 Å². The number of carbonyl (C=O) groups excluding carboxylic acids is 1. The predicted molar refractivity (Wildman–Crippen MR) is 66.0 cm³/mol. The van der Waals surface area contributed by atoms with Crippen LogP contribution >= 0.6 is 0 Å². The van der Waals surface area contributed by atoms with E-state index < -0.39 is 0 Å². The molecule has 0 spiro atoms. The van der Waals surface area contributed by atoms with Gasteiger partial charge in [0.15, 0.2) is 0 Å². The molecule has 2 nitrogen and oxygen atoms in total. The first-order valence-corrected chi connectivity index (χ1v) is 6.28. The lowest BCUT2D eigenvalue weighted by atomic mass is 9.75. The Kier molecular flexibility index (Phi) is 4.57. The van der Waals surface area contributed by atoms with Gasteiger partial charge in [0.2, 0.25) is 0 Å². The molecule has 0 heterocycles. The van der Waals surface area contributed by atoms with E-state index in [1.807, 2.05) is 0 Å². The summed E-state index contributed by atoms with van der Waals surface area (Å²) in [5.74, 6) is 1.53. The highest BCUT2D eigenvalue weighted by atomic mass is 16.5. The zero-order valence-electron chi connectivity index (χ0n) is 11.0. The second-order valence-corrected chi connectivity index (χ2v) is 5.55. The predicted octanol–water partition coefficient (Wildman–Crippen LogP) is 3.57. The summed E-state index contributed by atoms with van der Waals surface area (Å²) in [4.78, 5) is 11.6. The molecule has 16 heavy (non-hydrogen) atoms. The van der Waals surface area contributed by atoms with Gasteiger partial charge in [-0.15, -0.1) is 0 Å². The van der Waals surface area contributed by atoms with Gasteiger partial charge >= 0.3 is 5.97 Å². The van der Waals surface area contributed by atoms with Crippen molar-refractivity contribution in [3.05, 3.63) is 12.2 Å². The Morgan fingerprint density at radius 3 is 2.50 bits per heavy atom. The molecule has 0 amide bonds. The van der Waals surface area contributed by atoms with E-state index in [1.165, 1.54) is 12.8 Å². The molecular weight excluding hydrogens is 200 g/mol. The lowest BCUT2D eigenvalue weighted by molar-refractivity contribution is -0.150. The first-order valence-electron chi connectivity index (χ1n) is 6.28. The quantitative estimate of drug-likeness (QED) is 0.541. The van der Waals surface area contributed by atoms with Crippen molar-refractivity contribution in [2.24, 2.45) is 17.8 Å². The number of hydrogen-bond acceptors (Lipinski definition) is 2. The number of hydrogen-bond donors (Lipinski definition) is 0. The molecular formula is C14H24O2. The summed E-state index contributed by atoms with van der Waals surface area (Å²) in [6, 6.07) is 0. The van der Waals surface area contributed by atoms with Gasteiger partial charge in [-0.3, -0.25) is 0 Å². The van der Waals surface area contributed by atoms with E-state index in [-0.39, 0.29) is 12.1 Å². The summed E-state index contributed by atoms with van der Waals surface area (Å²) in [5.41, 5.74) is 0.501. The van der Waals surface area contributed by atoms with Crippen molar-refractivity contribution in [3.63, 3.8) is 0 Å². The van der Waals surface area contributed by atoms with Gasteiger partial charge in [-0.2, -0.15) is 0 Å². The summed E-state index contributed by atoms with van der Waals surface area (Å²) in [7, 11) is 0. The molecule has 0 bridgehead atoms. The maximum atomic E-state index is 11.6. The average molecular weight is 224 g/mol. The molecule has 0 N–H and O–H groups in total. The molecule has 1 rings (SSSR count). The highest BCUT2D eigenvalue weighted by Crippen LogP contribution is 2.35. The van der Waals surface area contributed by atoms with E-state index in [0.717, 1.165) is 6.42 Å². The van der Waals surface area contributed by atoms with Gasteiger partial charge in [0.05, 0.1) is 0 Å². The van der Waals surface area contributed by atoms with Crippen molar-refractivity contribution in [1.29, 1.82) is 0 Å². The topological polar surface area (TPSA) is 26.3 Å². The molecule has 0 aromatic carbocycles. The zero-order valence-corrected chi connectivity index (χ0v) is 11.0. The largest absolute Gasteiger partial charge is 0.459 e. The fraction of sp³-hybridized carbons (Fsp3) is 0.786. The van der Waals surface area contributed by atoms with Gasteiger partial charge < -0.3 is 4.74 Å². The fourth-order valence-electron chi connectivity index (χ4n) is 2.49. The number of ether oxygens (including phenoxy) is 1. The molecule has 1 aliphatic carbocycles. The van der Waals surface area contributed by atoms with Crippen LogP contribution in [0.2, 0.25) is 0 Å². The molecule has 2 heteroatoms. The summed E-state index contributed by atoms with van der Waals surface area (Å²) in [5, 5.41) is 0. The van der Waals surface area contributed by atoms with Gasteiger partial charge in [-0.05, 0) is 37.5 Å². The molecule has 0 radical (unpaired) electrons. The van der Waals surface area contributed by atoms with Gasteiger partial charge in [0.1, 0.15) is 6.10 Å². The molecule has 0 saturated heterocycles. The number of carbonyl (C=O) groups is 1. The number of esters is 1. The van der Waals surface area contributed by atoms with Crippen molar-refractivity contribution in [1.82, 2.24) is 0 Å². The third-order valence-corrected chi connectivity index (χ3v) is 3.57. The summed E-state index contributed by atoms with van der Waals surface area (Å²) >= 11 is 0. The standard InChI is InChI=1S/C14H24O2/c1-9(2)12-7-6-11(5)8-13(12)16-14(15)10(3)4/h9,11-13H,3,6-8H2,1-2,4-5H3/t11-,12+,13+/m1/s1. The molecule has 3 atom stereocenters. The van der Waals surface area contributed by atoms with Crippen molar-refractivity contribution >= 4 is 5.97 Å². The van der Waals surface area contributed by atoms with Crippen LogP contribution in [-0.4, -0.2) is 12.1 Å². The zero-order chi connectivity index (χ0) is 12.3. The molecule has 0 aromatic heterocycles. The van der Waals surface area contributed by atoms with E-state index in [2.05, 4.69) is 27.4 Å². The van der Waals surface area contributed by atoms with Crippen LogP contribution in [-0.2, 0) is 9.53 Å². The minimum Gasteiger partial charge on any atom is -0.459 e. The molecule has 0 aromatic rings. The van der Waals surface area contributed by atoms with Crippen LogP contribution in [0.4, 0.5) is 0 Å². The van der Waals surface area contributed by atoms with E-state index >= 15 is 0 Å². The maximum Gasteiger partial charge on any atom is 0.333 e. The van der Waals surface area contributed by atoms with Crippen LogP contribution in [0.15, 0.2) is 12.2 Å². The SMILES string of the molecule is C=C(C)C(=O)O[C@H]1C[C@H](C)CC[C@H]1C(C)C. The Labute approximate surface area is 99.1 Å². The smallest absolute Gasteiger partial charge is 0.333 e.